The van der Waals surface area contributed by atoms with Crippen molar-refractivity contribution in [3.05, 3.63) is 24.3 Å². The summed E-state index contributed by atoms with van der Waals surface area (Å²) in [5, 5.41) is 3.21. The largest absolute Gasteiger partial charge is 0.486 e. The average molecular weight is 287 g/mol. The molecule has 0 spiro atoms. The molecule has 0 saturated heterocycles. The van der Waals surface area contributed by atoms with Crippen LogP contribution in [-0.4, -0.2) is 31.2 Å². The van der Waals surface area contributed by atoms with Crippen LogP contribution in [0.15, 0.2) is 24.3 Å². The number of fused-ring (bicyclic) bond motifs is 1. The van der Waals surface area contributed by atoms with Gasteiger partial charge in [0.05, 0.1) is 0 Å². The molecule has 1 aliphatic heterocycles. The summed E-state index contributed by atoms with van der Waals surface area (Å²) in [6, 6.07) is 7.69. The second-order valence-electron chi connectivity index (χ2n) is 4.37. The van der Waals surface area contributed by atoms with E-state index in [2.05, 4.69) is 5.32 Å². The Morgan fingerprint density at radius 2 is 2.16 bits per heavy atom. The summed E-state index contributed by atoms with van der Waals surface area (Å²) in [6.45, 7) is 3.06. The predicted molar refractivity (Wildman–Crippen MR) is 74.9 cm³/mol. The molecule has 1 aliphatic rings. The van der Waals surface area contributed by atoms with Crippen LogP contribution in [-0.2, 0) is 4.79 Å². The van der Waals surface area contributed by atoms with Gasteiger partial charge in [-0.2, -0.15) is 0 Å². The lowest BCUT2D eigenvalue weighted by atomic mass is 10.1. The Morgan fingerprint density at radius 3 is 2.84 bits per heavy atom. The number of hydrogen-bond acceptors (Lipinski definition) is 4. The molecule has 6 heteroatoms. The number of rotatable bonds is 5. The van der Waals surface area contributed by atoms with Gasteiger partial charge in [0.15, 0.2) is 11.5 Å². The molecule has 0 saturated carbocycles. The van der Waals surface area contributed by atoms with E-state index in [1.54, 1.807) is 0 Å². The number of nitrogens with one attached hydrogen (secondary N) is 1. The van der Waals surface area contributed by atoms with Crippen LogP contribution < -0.4 is 20.5 Å². The zero-order chi connectivity index (χ0) is 13.0. The van der Waals surface area contributed by atoms with Crippen molar-refractivity contribution in [2.75, 3.05) is 13.2 Å². The topological polar surface area (TPSA) is 73.6 Å². The number of halogens is 1. The molecular weight excluding hydrogens is 268 g/mol. The standard InChI is InChI=1S/C13H18N2O3.ClH/c1-9(15-7-6-13(14)16)12-8-17-10-4-2-3-5-11(10)18-12;/h2-5,9,12,15H,6-8H2,1H3,(H2,14,16);1H. The third-order valence-corrected chi connectivity index (χ3v) is 2.93. The second-order valence-corrected chi connectivity index (χ2v) is 4.37. The third kappa shape index (κ3) is 4.29. The normalized spacial score (nSPS) is 18.3. The Labute approximate surface area is 118 Å². The van der Waals surface area contributed by atoms with Gasteiger partial charge in [-0.25, -0.2) is 0 Å². The minimum atomic E-state index is -0.305. The predicted octanol–water partition coefficient (Wildman–Crippen LogP) is 1.10. The highest BCUT2D eigenvalue weighted by molar-refractivity contribution is 5.85. The van der Waals surface area contributed by atoms with Crippen molar-refractivity contribution in [2.24, 2.45) is 5.73 Å². The Bertz CT molecular complexity index is 428. The van der Waals surface area contributed by atoms with Crippen LogP contribution in [0, 0.1) is 0 Å². The Kier molecular flexibility index (Phi) is 5.92. The molecule has 0 fully saturated rings. The fourth-order valence-corrected chi connectivity index (χ4v) is 1.84. The molecule has 0 bridgehead atoms. The van der Waals surface area contributed by atoms with Crippen molar-refractivity contribution >= 4 is 18.3 Å². The third-order valence-electron chi connectivity index (χ3n) is 2.93. The van der Waals surface area contributed by atoms with Gasteiger partial charge >= 0.3 is 0 Å². The number of carbonyl (C=O) groups is 1. The van der Waals surface area contributed by atoms with E-state index < -0.39 is 0 Å². The fraction of sp³-hybridized carbons (Fsp3) is 0.462. The Hall–Kier alpha value is -1.46. The summed E-state index contributed by atoms with van der Waals surface area (Å²) in [6.07, 6.45) is 0.266. The van der Waals surface area contributed by atoms with Gasteiger partial charge in [-0.05, 0) is 19.1 Å². The highest BCUT2D eigenvalue weighted by Crippen LogP contribution is 2.31. The zero-order valence-corrected chi connectivity index (χ0v) is 11.6. The van der Waals surface area contributed by atoms with Crippen molar-refractivity contribution < 1.29 is 14.3 Å². The van der Waals surface area contributed by atoms with E-state index in [9.17, 15) is 4.79 Å². The number of para-hydroxylation sites is 2. The van der Waals surface area contributed by atoms with Crippen LogP contribution in [0.3, 0.4) is 0 Å². The van der Waals surface area contributed by atoms with Gasteiger partial charge < -0.3 is 20.5 Å². The molecule has 106 valence electrons. The van der Waals surface area contributed by atoms with Crippen LogP contribution in [0.1, 0.15) is 13.3 Å². The minimum absolute atomic E-state index is 0. The summed E-state index contributed by atoms with van der Waals surface area (Å²) in [4.78, 5) is 10.6. The second kappa shape index (κ2) is 7.21. The van der Waals surface area contributed by atoms with Crippen molar-refractivity contribution in [1.29, 1.82) is 0 Å². The van der Waals surface area contributed by atoms with Gasteiger partial charge in [0.25, 0.3) is 0 Å². The quantitative estimate of drug-likeness (QED) is 0.850. The van der Waals surface area contributed by atoms with Gasteiger partial charge in [-0.1, -0.05) is 12.1 Å². The van der Waals surface area contributed by atoms with Gasteiger partial charge in [0, 0.05) is 19.0 Å². The molecule has 2 atom stereocenters. The van der Waals surface area contributed by atoms with E-state index in [-0.39, 0.29) is 30.5 Å². The maximum Gasteiger partial charge on any atom is 0.218 e. The number of carbonyl (C=O) groups excluding carboxylic acids is 1. The lowest BCUT2D eigenvalue weighted by molar-refractivity contribution is -0.117. The van der Waals surface area contributed by atoms with E-state index >= 15 is 0 Å². The maximum absolute atomic E-state index is 10.6. The molecular formula is C13H19ClN2O3. The zero-order valence-electron chi connectivity index (χ0n) is 10.8. The molecule has 2 unspecified atom stereocenters. The van der Waals surface area contributed by atoms with E-state index in [1.165, 1.54) is 0 Å². The molecule has 0 radical (unpaired) electrons. The van der Waals surface area contributed by atoms with Crippen molar-refractivity contribution in [3.63, 3.8) is 0 Å². The molecule has 1 aromatic rings. The summed E-state index contributed by atoms with van der Waals surface area (Å²) in [5.41, 5.74) is 5.09. The molecule has 0 aromatic heterocycles. The molecule has 2 rings (SSSR count). The molecule has 5 nitrogen and oxygen atoms in total. The number of hydrogen-bond donors (Lipinski definition) is 2. The minimum Gasteiger partial charge on any atom is -0.486 e. The Morgan fingerprint density at radius 1 is 1.47 bits per heavy atom. The molecule has 1 heterocycles. The van der Waals surface area contributed by atoms with Gasteiger partial charge in [-0.3, -0.25) is 4.79 Å². The van der Waals surface area contributed by atoms with Gasteiger partial charge in [-0.15, -0.1) is 12.4 Å². The lowest BCUT2D eigenvalue weighted by Crippen LogP contribution is -2.46. The van der Waals surface area contributed by atoms with E-state index in [0.29, 0.717) is 19.6 Å². The number of benzene rings is 1. The summed E-state index contributed by atoms with van der Waals surface area (Å²) in [5.74, 6) is 1.23. The average Bonchev–Trinajstić information content (AvgIpc) is 2.37. The lowest BCUT2D eigenvalue weighted by Gasteiger charge is -2.30. The Balaban J connectivity index is 0.00000180. The highest BCUT2D eigenvalue weighted by Gasteiger charge is 2.25. The van der Waals surface area contributed by atoms with E-state index in [0.717, 1.165) is 11.5 Å². The SMILES string of the molecule is CC(NCCC(N)=O)C1COc2ccccc2O1.Cl. The highest BCUT2D eigenvalue weighted by atomic mass is 35.5. The van der Waals surface area contributed by atoms with Crippen LogP contribution in [0.25, 0.3) is 0 Å². The smallest absolute Gasteiger partial charge is 0.218 e. The molecule has 3 N–H and O–H groups in total. The number of primary amides is 1. The molecule has 1 aromatic carbocycles. The fourth-order valence-electron chi connectivity index (χ4n) is 1.84. The first-order chi connectivity index (χ1) is 8.66. The summed E-state index contributed by atoms with van der Waals surface area (Å²) in [7, 11) is 0. The van der Waals surface area contributed by atoms with Crippen molar-refractivity contribution in [2.45, 2.75) is 25.5 Å². The van der Waals surface area contributed by atoms with Gasteiger partial charge in [0.2, 0.25) is 5.91 Å². The summed E-state index contributed by atoms with van der Waals surface area (Å²) < 4.78 is 11.5. The van der Waals surface area contributed by atoms with Gasteiger partial charge in [0.1, 0.15) is 12.7 Å². The molecule has 0 aliphatic carbocycles. The van der Waals surface area contributed by atoms with E-state index in [1.807, 2.05) is 31.2 Å². The van der Waals surface area contributed by atoms with Crippen molar-refractivity contribution in [3.8, 4) is 11.5 Å². The summed E-state index contributed by atoms with van der Waals surface area (Å²) >= 11 is 0. The van der Waals surface area contributed by atoms with Crippen LogP contribution in [0.5, 0.6) is 11.5 Å². The van der Waals surface area contributed by atoms with Crippen LogP contribution in [0.2, 0.25) is 0 Å². The van der Waals surface area contributed by atoms with Crippen LogP contribution in [0.4, 0.5) is 0 Å². The number of nitrogens with two attached hydrogens (primary N) is 1. The van der Waals surface area contributed by atoms with Crippen LogP contribution >= 0.6 is 12.4 Å². The first-order valence-electron chi connectivity index (χ1n) is 6.07. The van der Waals surface area contributed by atoms with Crippen molar-refractivity contribution in [1.82, 2.24) is 5.32 Å². The van der Waals surface area contributed by atoms with E-state index in [4.69, 9.17) is 15.2 Å². The first-order valence-corrected chi connectivity index (χ1v) is 6.07. The molecule has 1 amide bonds. The first kappa shape index (κ1) is 15.6. The maximum atomic E-state index is 10.6. The number of ether oxygens (including phenoxy) is 2. The molecule has 19 heavy (non-hydrogen) atoms. The number of amides is 1. The monoisotopic (exact) mass is 286 g/mol.